The van der Waals surface area contributed by atoms with E-state index in [0.29, 0.717) is 30.0 Å². The van der Waals surface area contributed by atoms with E-state index in [4.69, 9.17) is 24.2 Å². The van der Waals surface area contributed by atoms with Crippen LogP contribution in [0.3, 0.4) is 0 Å². The van der Waals surface area contributed by atoms with Gasteiger partial charge in [-0.2, -0.15) is 0 Å². The number of carbonyl (C=O) groups excluding carboxylic acids is 2. The fourth-order valence-corrected chi connectivity index (χ4v) is 8.31. The molecule has 246 valence electrons. The van der Waals surface area contributed by atoms with E-state index in [9.17, 15) is 9.59 Å². The van der Waals surface area contributed by atoms with Gasteiger partial charge in [0, 0.05) is 47.2 Å². The molecule has 0 spiro atoms. The average molecular weight is 646 g/mol. The molecule has 2 amide bonds. The number of nitrogens with one attached hydrogen (secondary N) is 2. The predicted molar refractivity (Wildman–Crippen MR) is 180 cm³/mol. The molecule has 2 aliphatic carbocycles. The first-order chi connectivity index (χ1) is 23.5. The topological polar surface area (TPSA) is 117 Å². The molecule has 2 aromatic carbocycles. The number of fused-ring (bicyclic) bond motifs is 5. The minimum absolute atomic E-state index is 0.187. The molecule has 0 radical (unpaired) electrons. The summed E-state index contributed by atoms with van der Waals surface area (Å²) in [5.41, 5.74) is 6.82. The quantitative estimate of drug-likeness (QED) is 0.227. The van der Waals surface area contributed by atoms with Crippen molar-refractivity contribution in [1.29, 1.82) is 0 Å². The van der Waals surface area contributed by atoms with E-state index in [1.165, 1.54) is 48.7 Å². The molecule has 10 nitrogen and oxygen atoms in total. The minimum atomic E-state index is -1.03. The second kappa shape index (κ2) is 11.6. The SMILES string of the molecule is O=C(NC1(C(=O)Nc2ccc(/C=C/C34OC(O3)O4)cc2)CCCC1)c1ccc2c(C3CCCCC3)c3n(c2c1)CCCc1nccnc1-3. The molecule has 2 saturated carbocycles. The van der Waals surface area contributed by atoms with Gasteiger partial charge in [0.1, 0.15) is 11.2 Å². The first-order valence-corrected chi connectivity index (χ1v) is 17.4. The molecule has 4 aliphatic heterocycles. The summed E-state index contributed by atoms with van der Waals surface area (Å²) in [5, 5.41) is 7.47. The zero-order chi connectivity index (χ0) is 32.3. The Labute approximate surface area is 278 Å². The first-order valence-electron chi connectivity index (χ1n) is 17.4. The maximum absolute atomic E-state index is 14.0. The summed E-state index contributed by atoms with van der Waals surface area (Å²) in [6.45, 7) is 0.314. The molecule has 0 unspecified atom stereocenters. The van der Waals surface area contributed by atoms with Crippen molar-refractivity contribution in [2.75, 3.05) is 5.32 Å². The number of anilines is 1. The van der Waals surface area contributed by atoms with Crippen molar-refractivity contribution in [2.24, 2.45) is 0 Å². The lowest BCUT2D eigenvalue weighted by Crippen LogP contribution is -2.69. The Kier molecular flexibility index (Phi) is 7.21. The van der Waals surface area contributed by atoms with E-state index in [1.54, 1.807) is 18.5 Å². The van der Waals surface area contributed by atoms with E-state index in [2.05, 4.69) is 21.3 Å². The van der Waals surface area contributed by atoms with Gasteiger partial charge in [-0.1, -0.05) is 56.4 Å². The van der Waals surface area contributed by atoms with Crippen LogP contribution in [0.2, 0.25) is 0 Å². The molecule has 3 saturated heterocycles. The molecule has 2 N–H and O–H groups in total. The van der Waals surface area contributed by atoms with Crippen molar-refractivity contribution >= 4 is 34.5 Å². The minimum Gasteiger partial charge on any atom is -0.339 e. The van der Waals surface area contributed by atoms with Gasteiger partial charge in [-0.15, -0.1) is 0 Å². The number of carbonyl (C=O) groups is 2. The van der Waals surface area contributed by atoms with Crippen LogP contribution in [0.15, 0.2) is 60.9 Å². The Morgan fingerprint density at radius 3 is 2.42 bits per heavy atom. The molecule has 6 heterocycles. The van der Waals surface area contributed by atoms with Gasteiger partial charge in [-0.05, 0) is 79.8 Å². The van der Waals surface area contributed by atoms with Crippen molar-refractivity contribution in [1.82, 2.24) is 19.9 Å². The Morgan fingerprint density at radius 1 is 0.896 bits per heavy atom. The average Bonchev–Trinajstić information content (AvgIpc) is 3.62. The molecular formula is C38H39N5O5. The van der Waals surface area contributed by atoms with Gasteiger partial charge in [0.05, 0.1) is 11.4 Å². The van der Waals surface area contributed by atoms with Crippen LogP contribution in [0.4, 0.5) is 5.69 Å². The number of amides is 2. The Bertz CT molecular complexity index is 1920. The van der Waals surface area contributed by atoms with Crippen molar-refractivity contribution in [2.45, 2.75) is 101 Å². The highest BCUT2D eigenvalue weighted by Crippen LogP contribution is 2.47. The van der Waals surface area contributed by atoms with Crippen LogP contribution in [0, 0.1) is 0 Å². The molecule has 10 rings (SSSR count). The standard InChI is InChI=1S/C38H39N5O5/c44-34(42-37(17-4-5-18-37)35(45)41-27-13-10-24(11-14-27)16-19-38-46-36(47-38)48-38)26-12-15-28-30(23-26)43-22-6-9-29-32(40-21-20-39-29)33(43)31(28)25-7-2-1-3-8-25/h10-16,19-21,23,25,36H,1-9,17-18,22H2,(H,41,45)(H,42,44)/b19-16+. The largest absolute Gasteiger partial charge is 0.339 e. The Hall–Kier alpha value is -4.38. The predicted octanol–water partition coefficient (Wildman–Crippen LogP) is 6.80. The third-order valence-electron chi connectivity index (χ3n) is 10.8. The van der Waals surface area contributed by atoms with Crippen LogP contribution in [-0.4, -0.2) is 44.3 Å². The molecule has 5 fully saturated rings. The molecule has 6 aliphatic rings. The van der Waals surface area contributed by atoms with E-state index >= 15 is 0 Å². The zero-order valence-corrected chi connectivity index (χ0v) is 26.9. The molecular weight excluding hydrogens is 606 g/mol. The number of rotatable bonds is 7. The second-order valence-electron chi connectivity index (χ2n) is 13.8. The van der Waals surface area contributed by atoms with Crippen molar-refractivity contribution in [3.05, 3.63) is 83.3 Å². The zero-order valence-electron chi connectivity index (χ0n) is 26.9. The maximum Gasteiger partial charge on any atom is 0.317 e. The van der Waals surface area contributed by atoms with Crippen LogP contribution < -0.4 is 10.6 Å². The van der Waals surface area contributed by atoms with Crippen molar-refractivity contribution in [3.8, 4) is 11.4 Å². The highest BCUT2D eigenvalue weighted by molar-refractivity contribution is 6.06. The number of benzene rings is 2. The highest BCUT2D eigenvalue weighted by Gasteiger charge is 2.62. The van der Waals surface area contributed by atoms with E-state index in [1.807, 2.05) is 42.5 Å². The van der Waals surface area contributed by atoms with Gasteiger partial charge in [0.15, 0.2) is 0 Å². The van der Waals surface area contributed by atoms with E-state index in [-0.39, 0.29) is 11.8 Å². The number of hydrogen-bond donors (Lipinski definition) is 2. The number of hydrogen-bond acceptors (Lipinski definition) is 7. The summed E-state index contributed by atoms with van der Waals surface area (Å²) in [7, 11) is 0. The lowest BCUT2D eigenvalue weighted by Gasteiger charge is -2.55. The van der Waals surface area contributed by atoms with Crippen LogP contribution in [0.25, 0.3) is 28.4 Å². The second-order valence-corrected chi connectivity index (χ2v) is 13.8. The first kappa shape index (κ1) is 29.7. The lowest BCUT2D eigenvalue weighted by molar-refractivity contribution is -0.718. The Balaban J connectivity index is 0.988. The third kappa shape index (κ3) is 5.05. The molecule has 10 heteroatoms. The molecule has 48 heavy (non-hydrogen) atoms. The normalized spacial score (nSPS) is 24.3. The van der Waals surface area contributed by atoms with Gasteiger partial charge < -0.3 is 15.2 Å². The molecule has 0 atom stereocenters. The van der Waals surface area contributed by atoms with Gasteiger partial charge in [0.2, 0.25) is 5.91 Å². The van der Waals surface area contributed by atoms with E-state index in [0.717, 1.165) is 54.7 Å². The molecule has 2 bridgehead atoms. The summed E-state index contributed by atoms with van der Waals surface area (Å²) >= 11 is 0. The number of aromatic nitrogens is 3. The summed E-state index contributed by atoms with van der Waals surface area (Å²) in [5.74, 6) is -0.982. The highest BCUT2D eigenvalue weighted by atomic mass is 17.2. The Morgan fingerprint density at radius 2 is 1.67 bits per heavy atom. The monoisotopic (exact) mass is 645 g/mol. The van der Waals surface area contributed by atoms with Crippen LogP contribution in [-0.2, 0) is 32.0 Å². The third-order valence-corrected chi connectivity index (χ3v) is 10.8. The fraction of sp³-hybridized carbons (Fsp3) is 0.421. The number of aryl methyl sites for hydroxylation is 2. The van der Waals surface area contributed by atoms with Crippen molar-refractivity contribution < 1.29 is 23.8 Å². The van der Waals surface area contributed by atoms with Gasteiger partial charge >= 0.3 is 5.97 Å². The number of ether oxygens (including phenoxy) is 3. The summed E-state index contributed by atoms with van der Waals surface area (Å²) in [6, 6.07) is 13.6. The fourth-order valence-electron chi connectivity index (χ4n) is 8.31. The van der Waals surface area contributed by atoms with Gasteiger partial charge in [-0.3, -0.25) is 33.8 Å². The van der Waals surface area contributed by atoms with Gasteiger partial charge in [-0.25, -0.2) is 0 Å². The van der Waals surface area contributed by atoms with Gasteiger partial charge in [0.25, 0.3) is 12.4 Å². The maximum atomic E-state index is 14.0. The molecule has 2 aromatic heterocycles. The van der Waals surface area contributed by atoms with Crippen molar-refractivity contribution in [3.63, 3.8) is 0 Å². The van der Waals surface area contributed by atoms with Crippen LogP contribution in [0.1, 0.15) is 97.3 Å². The lowest BCUT2D eigenvalue weighted by atomic mass is 9.82. The van der Waals surface area contributed by atoms with Crippen LogP contribution >= 0.6 is 0 Å². The van der Waals surface area contributed by atoms with E-state index < -0.39 is 18.0 Å². The summed E-state index contributed by atoms with van der Waals surface area (Å²) in [6.07, 6.45) is 18.0. The number of nitrogens with zero attached hydrogens (tertiary/aromatic N) is 3. The summed E-state index contributed by atoms with van der Waals surface area (Å²) in [4.78, 5) is 37.4. The smallest absolute Gasteiger partial charge is 0.317 e. The summed E-state index contributed by atoms with van der Waals surface area (Å²) < 4.78 is 18.3. The van der Waals surface area contributed by atoms with Crippen LogP contribution in [0.5, 0.6) is 0 Å². The molecule has 4 aromatic rings.